The molecule has 0 fully saturated rings. The van der Waals surface area contributed by atoms with Gasteiger partial charge in [0.1, 0.15) is 5.75 Å². The van der Waals surface area contributed by atoms with Crippen molar-refractivity contribution in [1.29, 1.82) is 0 Å². The topological polar surface area (TPSA) is 24.8 Å². The van der Waals surface area contributed by atoms with Crippen molar-refractivity contribution in [2.24, 2.45) is 4.99 Å². The van der Waals surface area contributed by atoms with Crippen LogP contribution in [0.5, 0.6) is 5.75 Å². The van der Waals surface area contributed by atoms with Crippen LogP contribution in [0.25, 0.3) is 4.91 Å². The van der Waals surface area contributed by atoms with Gasteiger partial charge in [-0.1, -0.05) is 47.5 Å². The van der Waals surface area contributed by atoms with Crippen molar-refractivity contribution in [2.75, 3.05) is 7.11 Å². The van der Waals surface area contributed by atoms with Crippen molar-refractivity contribution < 1.29 is 4.74 Å². The standard InChI is InChI=1S/C20H16Cl2N2OS/c1-12-10-16(13-6-3-4-9-17(13)25-2)24-11-18(26-20(24)23-12)19-14(21)7-5-8-15(19)22/h3-11,16H,1-2H3. The minimum absolute atomic E-state index is 0.00455. The summed E-state index contributed by atoms with van der Waals surface area (Å²) in [5, 5.41) is 2.18. The Morgan fingerprint density at radius 3 is 2.54 bits per heavy atom. The van der Waals surface area contributed by atoms with Crippen LogP contribution in [0, 0.1) is 0 Å². The fraction of sp³-hybridized carbons (Fsp3) is 0.150. The molecule has 0 saturated carbocycles. The number of fused-ring (bicyclic) bond motifs is 1. The highest BCUT2D eigenvalue weighted by atomic mass is 35.5. The molecule has 0 N–H and O–H groups in total. The first-order valence-corrected chi connectivity index (χ1v) is 9.68. The first kappa shape index (κ1) is 17.5. The first-order valence-electron chi connectivity index (χ1n) is 8.11. The Morgan fingerprint density at radius 2 is 1.81 bits per heavy atom. The van der Waals surface area contributed by atoms with E-state index in [1.54, 1.807) is 18.9 Å². The Kier molecular flexibility index (Phi) is 4.74. The van der Waals surface area contributed by atoms with E-state index in [1.807, 2.05) is 43.3 Å². The second-order valence-corrected chi connectivity index (χ2v) is 7.81. The number of rotatable bonds is 3. The third kappa shape index (κ3) is 3.02. The van der Waals surface area contributed by atoms with Crippen LogP contribution in [-0.4, -0.2) is 17.2 Å². The summed E-state index contributed by atoms with van der Waals surface area (Å²) in [5.74, 6) is 0.852. The van der Waals surface area contributed by atoms with Crippen molar-refractivity contribution in [2.45, 2.75) is 13.0 Å². The maximum Gasteiger partial charge on any atom is 0.173 e. The number of thioether (sulfide) groups is 1. The summed E-state index contributed by atoms with van der Waals surface area (Å²) >= 11 is 14.4. The molecular weight excluding hydrogens is 387 g/mol. The number of amidine groups is 1. The molecule has 26 heavy (non-hydrogen) atoms. The molecule has 0 radical (unpaired) electrons. The number of aliphatic imine (C=N–C) groups is 1. The first-order chi connectivity index (χ1) is 12.6. The fourth-order valence-electron chi connectivity index (χ4n) is 3.13. The van der Waals surface area contributed by atoms with E-state index in [0.29, 0.717) is 10.0 Å². The number of hydrogen-bond acceptors (Lipinski definition) is 4. The molecule has 3 nitrogen and oxygen atoms in total. The molecule has 0 saturated heterocycles. The zero-order valence-corrected chi connectivity index (χ0v) is 16.6. The van der Waals surface area contributed by atoms with Gasteiger partial charge in [0.25, 0.3) is 0 Å². The van der Waals surface area contributed by atoms with E-state index in [2.05, 4.69) is 23.2 Å². The van der Waals surface area contributed by atoms with Crippen molar-refractivity contribution in [1.82, 2.24) is 4.90 Å². The molecule has 2 heterocycles. The van der Waals surface area contributed by atoms with Gasteiger partial charge in [0.2, 0.25) is 0 Å². The molecule has 0 amide bonds. The number of hydrogen-bond donors (Lipinski definition) is 0. The predicted octanol–water partition coefficient (Wildman–Crippen LogP) is 6.36. The van der Waals surface area contributed by atoms with Gasteiger partial charge in [0.15, 0.2) is 5.17 Å². The summed E-state index contributed by atoms with van der Waals surface area (Å²) in [7, 11) is 1.69. The van der Waals surface area contributed by atoms with Crippen molar-refractivity contribution >= 4 is 45.0 Å². The van der Waals surface area contributed by atoms with E-state index in [9.17, 15) is 0 Å². The average Bonchev–Trinajstić information content (AvgIpc) is 3.04. The van der Waals surface area contributed by atoms with Gasteiger partial charge in [-0.25, -0.2) is 4.99 Å². The van der Waals surface area contributed by atoms with Gasteiger partial charge in [0, 0.05) is 27.9 Å². The fourth-order valence-corrected chi connectivity index (χ4v) is 4.99. The molecule has 1 unspecified atom stereocenters. The lowest BCUT2D eigenvalue weighted by atomic mass is 10.0. The van der Waals surface area contributed by atoms with Crippen molar-refractivity contribution in [3.8, 4) is 5.75 Å². The molecule has 4 rings (SSSR count). The maximum atomic E-state index is 6.41. The van der Waals surface area contributed by atoms with E-state index in [1.165, 1.54) is 0 Å². The Hall–Kier alpha value is -1.88. The molecule has 2 aliphatic heterocycles. The van der Waals surface area contributed by atoms with Crippen molar-refractivity contribution in [3.63, 3.8) is 0 Å². The van der Waals surface area contributed by atoms with Crippen LogP contribution in [0.15, 0.2) is 65.4 Å². The second kappa shape index (κ2) is 7.03. The normalized spacial score (nSPS) is 18.8. The lowest BCUT2D eigenvalue weighted by Crippen LogP contribution is -2.27. The smallest absolute Gasteiger partial charge is 0.173 e. The van der Waals surface area contributed by atoms with Crippen molar-refractivity contribution in [3.05, 3.63) is 81.6 Å². The summed E-state index contributed by atoms with van der Waals surface area (Å²) in [5.41, 5.74) is 2.90. The minimum Gasteiger partial charge on any atom is -0.496 e. The summed E-state index contributed by atoms with van der Waals surface area (Å²) in [6.45, 7) is 2.01. The van der Waals surface area contributed by atoms with Crippen LogP contribution in [0.4, 0.5) is 0 Å². The number of halogens is 2. The molecule has 1 atom stereocenters. The van der Waals surface area contributed by atoms with E-state index >= 15 is 0 Å². The van der Waals surface area contributed by atoms with Crippen LogP contribution < -0.4 is 4.74 Å². The molecular formula is C20H16Cl2N2OS. The van der Waals surface area contributed by atoms with Gasteiger partial charge in [0.05, 0.1) is 23.2 Å². The van der Waals surface area contributed by atoms with Crippen LogP contribution in [0.2, 0.25) is 10.0 Å². The van der Waals surface area contributed by atoms with E-state index in [-0.39, 0.29) is 6.04 Å². The number of benzene rings is 2. The number of ether oxygens (including phenoxy) is 1. The van der Waals surface area contributed by atoms with E-state index in [0.717, 1.165) is 32.6 Å². The maximum absolute atomic E-state index is 6.41. The van der Waals surface area contributed by atoms with Gasteiger partial charge < -0.3 is 9.64 Å². The molecule has 0 aromatic heterocycles. The summed E-state index contributed by atoms with van der Waals surface area (Å²) in [6.07, 6.45) is 4.20. The van der Waals surface area contributed by atoms with Gasteiger partial charge in [-0.3, -0.25) is 0 Å². The number of nitrogens with zero attached hydrogens (tertiary/aromatic N) is 2. The Labute approximate surface area is 167 Å². The Morgan fingerprint density at radius 1 is 1.08 bits per heavy atom. The van der Waals surface area contributed by atoms with E-state index in [4.69, 9.17) is 32.9 Å². The second-order valence-electron chi connectivity index (χ2n) is 5.99. The molecule has 2 aromatic carbocycles. The molecule has 2 aliphatic rings. The summed E-state index contributed by atoms with van der Waals surface area (Å²) in [6, 6.07) is 13.6. The number of para-hydroxylation sites is 1. The van der Waals surface area contributed by atoms with Gasteiger partial charge >= 0.3 is 0 Å². The molecule has 6 heteroatoms. The van der Waals surface area contributed by atoms with Gasteiger partial charge in [-0.15, -0.1) is 0 Å². The largest absolute Gasteiger partial charge is 0.496 e. The van der Waals surface area contributed by atoms with Crippen LogP contribution in [-0.2, 0) is 0 Å². The third-order valence-electron chi connectivity index (χ3n) is 4.32. The van der Waals surface area contributed by atoms with Gasteiger partial charge in [-0.05, 0) is 43.0 Å². The number of methoxy groups -OCH3 is 1. The lowest BCUT2D eigenvalue weighted by Gasteiger charge is -2.30. The van der Waals surface area contributed by atoms with Crippen LogP contribution in [0.3, 0.4) is 0 Å². The highest BCUT2D eigenvalue weighted by Gasteiger charge is 2.33. The Balaban J connectivity index is 1.80. The predicted molar refractivity (Wildman–Crippen MR) is 111 cm³/mol. The summed E-state index contributed by atoms with van der Waals surface area (Å²) in [4.78, 5) is 7.83. The zero-order valence-electron chi connectivity index (χ0n) is 14.2. The molecule has 132 valence electrons. The molecule has 0 spiro atoms. The average molecular weight is 403 g/mol. The summed E-state index contributed by atoms with van der Waals surface area (Å²) < 4.78 is 5.57. The highest BCUT2D eigenvalue weighted by Crippen LogP contribution is 2.47. The Bertz CT molecular complexity index is 948. The lowest BCUT2D eigenvalue weighted by molar-refractivity contribution is 0.393. The number of allylic oxidation sites excluding steroid dienone is 1. The SMILES string of the molecule is COc1ccccc1C1C=C(C)N=C2SC(c3c(Cl)cccc3Cl)=CN21. The molecule has 0 bridgehead atoms. The quantitative estimate of drug-likeness (QED) is 0.596. The highest BCUT2D eigenvalue weighted by molar-refractivity contribution is 8.22. The van der Waals surface area contributed by atoms with E-state index < -0.39 is 0 Å². The molecule has 2 aromatic rings. The van der Waals surface area contributed by atoms with Crippen LogP contribution >= 0.6 is 35.0 Å². The monoisotopic (exact) mass is 402 g/mol. The molecule has 0 aliphatic carbocycles. The van der Waals surface area contributed by atoms with Gasteiger partial charge in [-0.2, -0.15) is 0 Å². The minimum atomic E-state index is 0.00455. The zero-order chi connectivity index (χ0) is 18.3. The van der Waals surface area contributed by atoms with Crippen LogP contribution in [0.1, 0.15) is 24.1 Å². The third-order valence-corrected chi connectivity index (χ3v) is 5.96.